The maximum absolute atomic E-state index is 14.2. The van der Waals surface area contributed by atoms with Crippen LogP contribution in [-0.4, -0.2) is 50.9 Å². The van der Waals surface area contributed by atoms with Crippen molar-refractivity contribution >= 4 is 50.7 Å². The first-order chi connectivity index (χ1) is 19.9. The van der Waals surface area contributed by atoms with Crippen LogP contribution in [0.5, 0.6) is 5.75 Å². The third-order valence-corrected chi connectivity index (χ3v) is 9.12. The number of hydrogen-bond acceptors (Lipinski definition) is 5. The minimum Gasteiger partial charge on any atom is -0.497 e. The number of carbonyl (C=O) groups is 2. The second-order valence-corrected chi connectivity index (χ2v) is 12.8. The van der Waals surface area contributed by atoms with Gasteiger partial charge in [0.15, 0.2) is 0 Å². The molecule has 3 aromatic rings. The third kappa shape index (κ3) is 8.40. The van der Waals surface area contributed by atoms with Crippen LogP contribution in [0.4, 0.5) is 5.69 Å². The molecule has 0 unspecified atom stereocenters. The van der Waals surface area contributed by atoms with Crippen molar-refractivity contribution in [2.75, 3.05) is 18.0 Å². The molecule has 3 rings (SSSR count). The summed E-state index contributed by atoms with van der Waals surface area (Å²) in [6, 6.07) is 16.9. The van der Waals surface area contributed by atoms with Gasteiger partial charge >= 0.3 is 0 Å². The first-order valence-corrected chi connectivity index (χ1v) is 15.9. The van der Waals surface area contributed by atoms with Gasteiger partial charge < -0.3 is 15.0 Å². The number of aryl methyl sites for hydroxylation is 1. The van der Waals surface area contributed by atoms with Gasteiger partial charge in [0.05, 0.1) is 17.7 Å². The summed E-state index contributed by atoms with van der Waals surface area (Å²) in [4.78, 5) is 29.0. The summed E-state index contributed by atoms with van der Waals surface area (Å²) >= 11 is 12.5. The van der Waals surface area contributed by atoms with Crippen molar-refractivity contribution in [1.29, 1.82) is 0 Å². The van der Waals surface area contributed by atoms with Crippen molar-refractivity contribution in [3.8, 4) is 5.75 Å². The van der Waals surface area contributed by atoms with Crippen molar-refractivity contribution in [3.63, 3.8) is 0 Å². The number of rotatable bonds is 13. The van der Waals surface area contributed by atoms with Crippen molar-refractivity contribution in [2.24, 2.45) is 0 Å². The largest absolute Gasteiger partial charge is 0.497 e. The van der Waals surface area contributed by atoms with Crippen LogP contribution in [-0.2, 0) is 26.2 Å². The summed E-state index contributed by atoms with van der Waals surface area (Å²) in [5.74, 6) is -0.299. The number of nitrogens with zero attached hydrogens (tertiary/aromatic N) is 2. The number of methoxy groups -OCH3 is 1. The Balaban J connectivity index is 2.10. The zero-order chi connectivity index (χ0) is 31.0. The van der Waals surface area contributed by atoms with Gasteiger partial charge in [0.2, 0.25) is 11.8 Å². The predicted octanol–water partition coefficient (Wildman–Crippen LogP) is 6.23. The lowest BCUT2D eigenvalue weighted by Crippen LogP contribution is -2.53. The van der Waals surface area contributed by atoms with Crippen molar-refractivity contribution in [3.05, 3.63) is 87.9 Å². The van der Waals surface area contributed by atoms with E-state index < -0.39 is 28.5 Å². The Bertz CT molecular complexity index is 1480. The Hall–Kier alpha value is -3.27. The van der Waals surface area contributed by atoms with Crippen LogP contribution in [0.25, 0.3) is 0 Å². The van der Waals surface area contributed by atoms with E-state index in [9.17, 15) is 18.0 Å². The van der Waals surface area contributed by atoms with Gasteiger partial charge in [-0.25, -0.2) is 8.42 Å². The molecule has 0 aliphatic carbocycles. The number of amides is 2. The zero-order valence-electron chi connectivity index (χ0n) is 24.4. The number of sulfonamides is 1. The van der Waals surface area contributed by atoms with Gasteiger partial charge in [-0.1, -0.05) is 66.9 Å². The summed E-state index contributed by atoms with van der Waals surface area (Å²) < 4.78 is 34.3. The van der Waals surface area contributed by atoms with Crippen molar-refractivity contribution in [1.82, 2.24) is 10.2 Å². The normalized spacial score (nSPS) is 12.7. The minimum absolute atomic E-state index is 0.00195. The molecule has 2 atom stereocenters. The van der Waals surface area contributed by atoms with Crippen LogP contribution in [0.15, 0.2) is 71.6 Å². The summed E-state index contributed by atoms with van der Waals surface area (Å²) in [7, 11) is -2.70. The average molecular weight is 635 g/mol. The monoisotopic (exact) mass is 633 g/mol. The van der Waals surface area contributed by atoms with E-state index in [-0.39, 0.29) is 39.1 Å². The minimum atomic E-state index is -4.24. The summed E-state index contributed by atoms with van der Waals surface area (Å²) in [6.07, 6.45) is 1.02. The standard InChI is InChI=1S/C31H37Cl2N3O5S/c1-6-22(4)34-31(38)29(7-2)35(19-23-9-8-10-27(15-23)41-5)30(37)20-36(26-17-24(32)16-25(33)18-26)42(39,40)28-13-11-21(3)12-14-28/h8-18,22,29H,6-7,19-20H2,1-5H3,(H,34,38)/t22-,29+/m0/s1. The molecular weight excluding hydrogens is 597 g/mol. The highest BCUT2D eigenvalue weighted by Gasteiger charge is 2.34. The second kappa shape index (κ2) is 14.8. The molecule has 11 heteroatoms. The van der Waals surface area contributed by atoms with Crippen LogP contribution in [0.2, 0.25) is 10.0 Å². The maximum Gasteiger partial charge on any atom is 0.264 e. The van der Waals surface area contributed by atoms with Crippen LogP contribution in [0.1, 0.15) is 44.7 Å². The lowest BCUT2D eigenvalue weighted by atomic mass is 10.1. The Morgan fingerprint density at radius 3 is 2.17 bits per heavy atom. The number of benzene rings is 3. The Morgan fingerprint density at radius 2 is 1.60 bits per heavy atom. The van der Waals surface area contributed by atoms with E-state index in [1.165, 1.54) is 35.2 Å². The number of nitrogens with one attached hydrogen (secondary N) is 1. The molecule has 0 aliphatic rings. The lowest BCUT2D eigenvalue weighted by molar-refractivity contribution is -0.140. The molecule has 0 saturated carbocycles. The fourth-order valence-corrected chi connectivity index (χ4v) is 6.29. The van der Waals surface area contributed by atoms with E-state index in [4.69, 9.17) is 27.9 Å². The summed E-state index contributed by atoms with van der Waals surface area (Å²) in [5, 5.41) is 3.38. The molecule has 226 valence electrons. The van der Waals surface area contributed by atoms with E-state index in [0.29, 0.717) is 18.6 Å². The van der Waals surface area contributed by atoms with Crippen LogP contribution < -0.4 is 14.4 Å². The molecule has 0 bridgehead atoms. The lowest BCUT2D eigenvalue weighted by Gasteiger charge is -2.34. The Kier molecular flexibility index (Phi) is 11.7. The molecule has 0 fully saturated rings. The molecule has 0 saturated heterocycles. The molecule has 1 N–H and O–H groups in total. The van der Waals surface area contributed by atoms with Gasteiger partial charge in [-0.2, -0.15) is 0 Å². The molecule has 3 aromatic carbocycles. The van der Waals surface area contributed by atoms with E-state index in [1.54, 1.807) is 37.4 Å². The van der Waals surface area contributed by atoms with Gasteiger partial charge in [0, 0.05) is 22.6 Å². The number of anilines is 1. The second-order valence-electron chi connectivity index (χ2n) is 10.1. The number of hydrogen-bond donors (Lipinski definition) is 1. The van der Waals surface area contributed by atoms with E-state index in [0.717, 1.165) is 15.4 Å². The smallest absolute Gasteiger partial charge is 0.264 e. The van der Waals surface area contributed by atoms with Crippen LogP contribution >= 0.6 is 23.2 Å². The molecular formula is C31H37Cl2N3O5S. The highest BCUT2D eigenvalue weighted by atomic mass is 35.5. The van der Waals surface area contributed by atoms with Crippen molar-refractivity contribution in [2.45, 2.75) is 64.1 Å². The molecule has 0 spiro atoms. The highest BCUT2D eigenvalue weighted by molar-refractivity contribution is 7.92. The first-order valence-electron chi connectivity index (χ1n) is 13.7. The summed E-state index contributed by atoms with van der Waals surface area (Å²) in [5.41, 5.74) is 1.72. The van der Waals surface area contributed by atoms with Gasteiger partial charge in [-0.05, 0) is 74.7 Å². The molecule has 8 nitrogen and oxygen atoms in total. The molecule has 0 aliphatic heterocycles. The number of halogens is 2. The SMILES string of the molecule is CC[C@H](C(=O)N[C@@H](C)CC)N(Cc1cccc(OC)c1)C(=O)CN(c1cc(Cl)cc(Cl)c1)S(=O)(=O)c1ccc(C)cc1. The van der Waals surface area contributed by atoms with Crippen LogP contribution in [0.3, 0.4) is 0 Å². The van der Waals surface area contributed by atoms with E-state index >= 15 is 0 Å². The zero-order valence-corrected chi connectivity index (χ0v) is 26.8. The molecule has 0 radical (unpaired) electrons. The fourth-order valence-electron chi connectivity index (χ4n) is 4.38. The number of ether oxygens (including phenoxy) is 1. The van der Waals surface area contributed by atoms with E-state index in [2.05, 4.69) is 5.32 Å². The predicted molar refractivity (Wildman–Crippen MR) is 168 cm³/mol. The highest BCUT2D eigenvalue weighted by Crippen LogP contribution is 2.30. The molecule has 0 aromatic heterocycles. The van der Waals surface area contributed by atoms with Gasteiger partial charge in [-0.15, -0.1) is 0 Å². The van der Waals surface area contributed by atoms with Gasteiger partial charge in [0.25, 0.3) is 10.0 Å². The average Bonchev–Trinajstić information content (AvgIpc) is 2.95. The topological polar surface area (TPSA) is 96.0 Å². The molecule has 2 amide bonds. The Labute approximate surface area is 258 Å². The Morgan fingerprint density at radius 1 is 0.952 bits per heavy atom. The van der Waals surface area contributed by atoms with E-state index in [1.807, 2.05) is 33.8 Å². The number of carbonyl (C=O) groups excluding carboxylic acids is 2. The van der Waals surface area contributed by atoms with Crippen LogP contribution in [0, 0.1) is 6.92 Å². The molecule has 42 heavy (non-hydrogen) atoms. The third-order valence-electron chi connectivity index (χ3n) is 6.90. The molecule has 0 heterocycles. The van der Waals surface area contributed by atoms with Gasteiger partial charge in [0.1, 0.15) is 18.3 Å². The fraction of sp³-hybridized carbons (Fsp3) is 0.355. The maximum atomic E-state index is 14.2. The quantitative estimate of drug-likeness (QED) is 0.241. The van der Waals surface area contributed by atoms with Crippen molar-refractivity contribution < 1.29 is 22.7 Å². The summed E-state index contributed by atoms with van der Waals surface area (Å²) in [6.45, 7) is 6.96. The first kappa shape index (κ1) is 33.2. The van der Waals surface area contributed by atoms with Gasteiger partial charge in [-0.3, -0.25) is 13.9 Å².